The number of nitrogens with zero attached hydrogens (tertiary/aromatic N) is 1. The molecular weight excluding hydrogens is 525 g/mol. The Morgan fingerprint density at radius 3 is 2.47 bits per heavy atom. The first kappa shape index (κ1) is 25.8. The lowest BCUT2D eigenvalue weighted by atomic mass is 9.88. The maximum atomic E-state index is 16.7. The summed E-state index contributed by atoms with van der Waals surface area (Å²) >= 11 is 11.8. The highest BCUT2D eigenvalue weighted by atomic mass is 35.5. The minimum Gasteiger partial charge on any atom is -0.496 e. The summed E-state index contributed by atoms with van der Waals surface area (Å²) in [5.74, 6) is -2.05. The number of alkyl halides is 5. The molecule has 0 spiro atoms. The van der Waals surface area contributed by atoms with Gasteiger partial charge in [0.05, 0.1) is 23.9 Å². The minimum absolute atomic E-state index is 0.0437. The van der Waals surface area contributed by atoms with Crippen molar-refractivity contribution in [3.8, 4) is 5.75 Å². The van der Waals surface area contributed by atoms with Crippen molar-refractivity contribution >= 4 is 40.8 Å². The normalized spacial score (nSPS) is 17.2. The molecule has 1 aliphatic rings. The van der Waals surface area contributed by atoms with Crippen LogP contribution >= 0.6 is 23.2 Å². The Kier molecular flexibility index (Phi) is 6.90. The number of hydrogen-bond donors (Lipinski definition) is 0. The fourth-order valence-electron chi connectivity index (χ4n) is 3.96. The number of ether oxygens (including phenoxy) is 2. The molecule has 3 aromatic carbocycles. The van der Waals surface area contributed by atoms with Crippen molar-refractivity contribution in [2.45, 2.75) is 17.7 Å². The number of esters is 1. The number of rotatable bonds is 6. The van der Waals surface area contributed by atoms with Crippen molar-refractivity contribution in [2.24, 2.45) is 0 Å². The molecule has 0 bridgehead atoms. The van der Waals surface area contributed by atoms with Crippen LogP contribution in [0, 0.1) is 0 Å². The van der Waals surface area contributed by atoms with E-state index in [4.69, 9.17) is 32.7 Å². The number of carbonyl (C=O) groups is 2. The molecule has 188 valence electrons. The Bertz CT molecular complexity index is 1350. The Morgan fingerprint density at radius 2 is 1.81 bits per heavy atom. The molecular formula is C25H17Cl2F4NO4. The number of benzene rings is 3. The topological polar surface area (TPSA) is 55.8 Å². The van der Waals surface area contributed by atoms with Crippen molar-refractivity contribution in [3.05, 3.63) is 93.5 Å². The van der Waals surface area contributed by atoms with Gasteiger partial charge in [0.1, 0.15) is 5.75 Å². The largest absolute Gasteiger partial charge is 0.496 e. The molecule has 0 aliphatic carbocycles. The van der Waals surface area contributed by atoms with Crippen molar-refractivity contribution < 1.29 is 36.6 Å². The van der Waals surface area contributed by atoms with Crippen LogP contribution in [0.1, 0.15) is 32.6 Å². The zero-order valence-electron chi connectivity index (χ0n) is 18.5. The Morgan fingerprint density at radius 1 is 1.06 bits per heavy atom. The van der Waals surface area contributed by atoms with Crippen LogP contribution in [0.5, 0.6) is 5.75 Å². The van der Waals surface area contributed by atoms with Crippen LogP contribution in [-0.2, 0) is 27.3 Å². The molecule has 4 rings (SSSR count). The zero-order valence-corrected chi connectivity index (χ0v) is 20.0. The van der Waals surface area contributed by atoms with Gasteiger partial charge >= 0.3 is 12.1 Å². The fourth-order valence-corrected chi connectivity index (χ4v) is 4.30. The number of halogens is 6. The number of amides is 1. The molecule has 0 fully saturated rings. The molecule has 1 heterocycles. The minimum atomic E-state index is -4.77. The van der Waals surface area contributed by atoms with Gasteiger partial charge in [-0.25, -0.2) is 9.18 Å². The molecule has 11 heteroatoms. The lowest BCUT2D eigenvalue weighted by molar-refractivity contribution is -0.137. The van der Waals surface area contributed by atoms with E-state index in [2.05, 4.69) is 0 Å². The van der Waals surface area contributed by atoms with Gasteiger partial charge in [0.25, 0.3) is 5.91 Å². The highest BCUT2D eigenvalue weighted by molar-refractivity contribution is 6.30. The SMILES string of the molecule is COc1ccc(Cl)cc1[C@]1(F)C(=O)N(COC(=O)c2cccc(CCl)c2)c2cc(C(F)(F)F)ccc21. The molecule has 0 saturated heterocycles. The van der Waals surface area contributed by atoms with E-state index in [1.54, 1.807) is 12.1 Å². The number of fused-ring (bicyclic) bond motifs is 1. The molecule has 5 nitrogen and oxygen atoms in total. The third-order valence-electron chi connectivity index (χ3n) is 5.70. The second-order valence-electron chi connectivity index (χ2n) is 7.86. The van der Waals surface area contributed by atoms with E-state index < -0.39 is 41.7 Å². The standard InChI is InChI=1S/C25H17Cl2F4NO4/c1-35-21-8-6-17(27)11-19(21)24(28)18-7-5-16(25(29,30)31)10-20(18)32(23(24)34)13-36-22(33)15-4-2-3-14(9-15)12-26/h2-11H,12-13H2,1H3/t24-/m0/s1. The third-order valence-corrected chi connectivity index (χ3v) is 6.24. The van der Waals surface area contributed by atoms with E-state index in [-0.39, 0.29) is 33.3 Å². The van der Waals surface area contributed by atoms with Crippen LogP contribution in [0.2, 0.25) is 5.02 Å². The molecule has 1 amide bonds. The van der Waals surface area contributed by atoms with E-state index >= 15 is 4.39 Å². The number of anilines is 1. The Balaban J connectivity index is 1.77. The van der Waals surface area contributed by atoms with Crippen molar-refractivity contribution in [2.75, 3.05) is 18.7 Å². The molecule has 3 aromatic rings. The van der Waals surface area contributed by atoms with Gasteiger partial charge in [-0.15, -0.1) is 11.6 Å². The van der Waals surface area contributed by atoms with E-state index in [0.717, 1.165) is 12.1 Å². The smallest absolute Gasteiger partial charge is 0.416 e. The summed E-state index contributed by atoms with van der Waals surface area (Å²) in [5, 5.41) is 0.0770. The van der Waals surface area contributed by atoms with Crippen molar-refractivity contribution in [1.29, 1.82) is 0 Å². The quantitative estimate of drug-likeness (QED) is 0.203. The van der Waals surface area contributed by atoms with E-state index in [1.165, 1.54) is 31.4 Å². The van der Waals surface area contributed by atoms with Gasteiger partial charge in [0, 0.05) is 22.0 Å². The second-order valence-corrected chi connectivity index (χ2v) is 8.56. The molecule has 1 aliphatic heterocycles. The molecule has 0 saturated carbocycles. The summed E-state index contributed by atoms with van der Waals surface area (Å²) in [5.41, 5.74) is -4.41. The highest BCUT2D eigenvalue weighted by Gasteiger charge is 2.55. The van der Waals surface area contributed by atoms with Gasteiger partial charge < -0.3 is 9.47 Å². The monoisotopic (exact) mass is 541 g/mol. The summed E-state index contributed by atoms with van der Waals surface area (Å²) in [7, 11) is 1.25. The van der Waals surface area contributed by atoms with E-state index in [9.17, 15) is 22.8 Å². The highest BCUT2D eigenvalue weighted by Crippen LogP contribution is 2.51. The summed E-state index contributed by atoms with van der Waals surface area (Å²) in [6, 6.07) is 12.2. The maximum Gasteiger partial charge on any atom is 0.416 e. The maximum absolute atomic E-state index is 16.7. The van der Waals surface area contributed by atoms with Crippen molar-refractivity contribution in [3.63, 3.8) is 0 Å². The van der Waals surface area contributed by atoms with Crippen LogP contribution < -0.4 is 9.64 Å². The fraction of sp³-hybridized carbons (Fsp3) is 0.200. The predicted molar refractivity (Wildman–Crippen MR) is 125 cm³/mol. The number of methoxy groups -OCH3 is 1. The van der Waals surface area contributed by atoms with Crippen molar-refractivity contribution in [1.82, 2.24) is 0 Å². The number of hydrogen-bond acceptors (Lipinski definition) is 4. The Labute approximate surface area is 213 Å². The summed E-state index contributed by atoms with van der Waals surface area (Å²) in [6.07, 6.45) is -4.77. The first-order valence-corrected chi connectivity index (χ1v) is 11.3. The summed E-state index contributed by atoms with van der Waals surface area (Å²) < 4.78 is 67.4. The number of carbonyl (C=O) groups excluding carboxylic acids is 2. The first-order chi connectivity index (χ1) is 17.0. The third kappa shape index (κ3) is 4.49. The van der Waals surface area contributed by atoms with Gasteiger partial charge in [-0.1, -0.05) is 29.8 Å². The average Bonchev–Trinajstić information content (AvgIpc) is 3.08. The molecule has 0 N–H and O–H groups in total. The van der Waals surface area contributed by atoms with Crippen LogP contribution in [0.4, 0.5) is 23.2 Å². The summed E-state index contributed by atoms with van der Waals surface area (Å²) in [4.78, 5) is 26.7. The van der Waals surface area contributed by atoms with Crippen LogP contribution in [0.15, 0.2) is 60.7 Å². The lowest BCUT2D eigenvalue weighted by Crippen LogP contribution is -2.40. The van der Waals surface area contributed by atoms with Gasteiger partial charge in [-0.05, 0) is 48.0 Å². The molecule has 0 unspecified atom stereocenters. The zero-order chi connectivity index (χ0) is 26.3. The molecule has 0 radical (unpaired) electrons. The lowest BCUT2D eigenvalue weighted by Gasteiger charge is -2.23. The van der Waals surface area contributed by atoms with Crippen LogP contribution in [0.25, 0.3) is 0 Å². The van der Waals surface area contributed by atoms with E-state index in [1.807, 2.05) is 0 Å². The Hall–Kier alpha value is -3.30. The average molecular weight is 542 g/mol. The predicted octanol–water partition coefficient (Wildman–Crippen LogP) is 6.48. The van der Waals surface area contributed by atoms with Gasteiger partial charge in [0.15, 0.2) is 6.73 Å². The van der Waals surface area contributed by atoms with Crippen LogP contribution in [-0.4, -0.2) is 25.7 Å². The van der Waals surface area contributed by atoms with Gasteiger partial charge in [0.2, 0.25) is 5.67 Å². The molecule has 1 atom stereocenters. The van der Waals surface area contributed by atoms with E-state index in [0.29, 0.717) is 22.6 Å². The van der Waals surface area contributed by atoms with Gasteiger partial charge in [-0.2, -0.15) is 13.2 Å². The summed E-state index contributed by atoms with van der Waals surface area (Å²) in [6.45, 7) is -0.842. The van der Waals surface area contributed by atoms with Gasteiger partial charge in [-0.3, -0.25) is 9.69 Å². The van der Waals surface area contributed by atoms with Crippen LogP contribution in [0.3, 0.4) is 0 Å². The molecule has 0 aromatic heterocycles. The molecule has 36 heavy (non-hydrogen) atoms. The second kappa shape index (κ2) is 9.63. The first-order valence-electron chi connectivity index (χ1n) is 10.4.